The number of ether oxygens (including phenoxy) is 1. The summed E-state index contributed by atoms with van der Waals surface area (Å²) < 4.78 is 5.36. The highest BCUT2D eigenvalue weighted by atomic mass is 35.5. The number of halogens is 1. The number of benzene rings is 2. The van der Waals surface area contributed by atoms with Crippen molar-refractivity contribution in [3.05, 3.63) is 64.2 Å². The summed E-state index contributed by atoms with van der Waals surface area (Å²) in [6.07, 6.45) is 1.84. The summed E-state index contributed by atoms with van der Waals surface area (Å²) in [5.74, 6) is 1.06. The minimum Gasteiger partial charge on any atom is -0.495 e. The van der Waals surface area contributed by atoms with Crippen LogP contribution < -0.4 is 10.5 Å². The van der Waals surface area contributed by atoms with Crippen LogP contribution in [0.1, 0.15) is 29.0 Å². The summed E-state index contributed by atoms with van der Waals surface area (Å²) in [6.45, 7) is 0. The van der Waals surface area contributed by atoms with Crippen LogP contribution in [0.5, 0.6) is 5.75 Å². The molecule has 104 valence electrons. The molecule has 1 aliphatic rings. The summed E-state index contributed by atoms with van der Waals surface area (Å²) in [7, 11) is 1.65. The average molecular weight is 288 g/mol. The molecule has 0 radical (unpaired) electrons. The first-order chi connectivity index (χ1) is 9.69. The van der Waals surface area contributed by atoms with E-state index in [4.69, 9.17) is 22.1 Å². The van der Waals surface area contributed by atoms with Crippen LogP contribution in [0.15, 0.2) is 42.5 Å². The minimum atomic E-state index is 0.178. The Balaban J connectivity index is 2.11. The Bertz CT molecular complexity index is 612. The quantitative estimate of drug-likeness (QED) is 0.913. The number of hydrogen-bond acceptors (Lipinski definition) is 2. The van der Waals surface area contributed by atoms with Crippen LogP contribution in [0.4, 0.5) is 0 Å². The Labute approximate surface area is 124 Å². The molecule has 0 saturated carbocycles. The van der Waals surface area contributed by atoms with E-state index < -0.39 is 0 Å². The van der Waals surface area contributed by atoms with Gasteiger partial charge in [0.05, 0.1) is 12.1 Å². The van der Waals surface area contributed by atoms with Gasteiger partial charge < -0.3 is 10.5 Å². The van der Waals surface area contributed by atoms with Gasteiger partial charge in [-0.3, -0.25) is 0 Å². The number of nitrogens with two attached hydrogens (primary N) is 1. The van der Waals surface area contributed by atoms with Gasteiger partial charge in [0, 0.05) is 12.0 Å². The standard InChI is InChI=1S/C17H18ClNO/c1-20-17-10-15-12(8-16(17)18)7-13(19)9-14(15)11-5-3-2-4-6-11/h2-6,8,10,13-14H,7,9,19H2,1H3/t13-,14-/m1/s1. The zero-order chi connectivity index (χ0) is 14.1. The van der Waals surface area contributed by atoms with E-state index in [-0.39, 0.29) is 6.04 Å². The second kappa shape index (κ2) is 5.47. The molecule has 0 fully saturated rings. The van der Waals surface area contributed by atoms with Crippen molar-refractivity contribution in [1.82, 2.24) is 0 Å². The molecular formula is C17H18ClNO. The Kier molecular flexibility index (Phi) is 3.68. The van der Waals surface area contributed by atoms with Crippen LogP contribution in [0.2, 0.25) is 5.02 Å². The molecule has 0 unspecified atom stereocenters. The third-order valence-corrected chi connectivity index (χ3v) is 4.31. The van der Waals surface area contributed by atoms with Gasteiger partial charge in [0.15, 0.2) is 0 Å². The second-order valence-corrected chi connectivity index (χ2v) is 5.76. The Hall–Kier alpha value is -1.51. The molecule has 0 aromatic heterocycles. The van der Waals surface area contributed by atoms with E-state index in [1.165, 1.54) is 16.7 Å². The summed E-state index contributed by atoms with van der Waals surface area (Å²) in [5, 5.41) is 0.659. The first-order valence-electron chi connectivity index (χ1n) is 6.86. The summed E-state index contributed by atoms with van der Waals surface area (Å²) in [6, 6.07) is 14.8. The van der Waals surface area contributed by atoms with Crippen molar-refractivity contribution in [3.8, 4) is 5.75 Å². The van der Waals surface area contributed by atoms with E-state index in [0.717, 1.165) is 18.6 Å². The second-order valence-electron chi connectivity index (χ2n) is 5.35. The Morgan fingerprint density at radius 3 is 2.65 bits per heavy atom. The maximum absolute atomic E-state index is 6.24. The molecular weight excluding hydrogens is 270 g/mol. The predicted molar refractivity (Wildman–Crippen MR) is 82.6 cm³/mol. The monoisotopic (exact) mass is 287 g/mol. The van der Waals surface area contributed by atoms with Crippen molar-refractivity contribution >= 4 is 11.6 Å². The summed E-state index contributed by atoms with van der Waals surface area (Å²) >= 11 is 6.24. The smallest absolute Gasteiger partial charge is 0.137 e. The van der Waals surface area contributed by atoms with Crippen molar-refractivity contribution in [2.45, 2.75) is 24.8 Å². The zero-order valence-electron chi connectivity index (χ0n) is 11.5. The fraction of sp³-hybridized carbons (Fsp3) is 0.294. The predicted octanol–water partition coefficient (Wildman–Crippen LogP) is 3.75. The molecule has 1 aliphatic carbocycles. The third-order valence-electron chi connectivity index (χ3n) is 4.01. The van der Waals surface area contributed by atoms with Crippen LogP contribution in [-0.2, 0) is 6.42 Å². The number of fused-ring (bicyclic) bond motifs is 1. The minimum absolute atomic E-state index is 0.178. The van der Waals surface area contributed by atoms with Gasteiger partial charge in [-0.15, -0.1) is 0 Å². The van der Waals surface area contributed by atoms with Crippen LogP contribution in [-0.4, -0.2) is 13.2 Å². The Morgan fingerprint density at radius 1 is 1.20 bits per heavy atom. The van der Waals surface area contributed by atoms with E-state index in [1.807, 2.05) is 12.1 Å². The number of rotatable bonds is 2. The topological polar surface area (TPSA) is 35.2 Å². The lowest BCUT2D eigenvalue weighted by molar-refractivity contribution is 0.412. The van der Waals surface area contributed by atoms with Gasteiger partial charge in [-0.2, -0.15) is 0 Å². The van der Waals surface area contributed by atoms with Gasteiger partial charge in [-0.1, -0.05) is 41.9 Å². The molecule has 2 aromatic rings. The normalized spacial score (nSPS) is 21.4. The first kappa shape index (κ1) is 13.5. The molecule has 0 spiro atoms. The molecule has 20 heavy (non-hydrogen) atoms. The third kappa shape index (κ3) is 2.41. The van der Waals surface area contributed by atoms with Crippen LogP contribution in [0.3, 0.4) is 0 Å². The molecule has 3 heteroatoms. The van der Waals surface area contributed by atoms with E-state index >= 15 is 0 Å². The highest BCUT2D eigenvalue weighted by molar-refractivity contribution is 6.32. The molecule has 0 bridgehead atoms. The fourth-order valence-corrected chi connectivity index (χ4v) is 3.33. The van der Waals surface area contributed by atoms with Crippen LogP contribution >= 0.6 is 11.6 Å². The van der Waals surface area contributed by atoms with Crippen molar-refractivity contribution in [1.29, 1.82) is 0 Å². The maximum Gasteiger partial charge on any atom is 0.137 e. The molecule has 0 amide bonds. The van der Waals surface area contributed by atoms with Crippen LogP contribution in [0, 0.1) is 0 Å². The lowest BCUT2D eigenvalue weighted by Gasteiger charge is -2.30. The molecule has 0 heterocycles. The SMILES string of the molecule is COc1cc2c(cc1Cl)C[C@@H](N)C[C@@H]2c1ccccc1. The van der Waals surface area contributed by atoms with E-state index in [2.05, 4.69) is 30.3 Å². The van der Waals surface area contributed by atoms with E-state index in [0.29, 0.717) is 10.9 Å². The van der Waals surface area contributed by atoms with E-state index in [9.17, 15) is 0 Å². The molecule has 0 aliphatic heterocycles. The van der Waals surface area contributed by atoms with Gasteiger partial charge in [0.1, 0.15) is 5.75 Å². The fourth-order valence-electron chi connectivity index (χ4n) is 3.06. The highest BCUT2D eigenvalue weighted by Crippen LogP contribution is 2.40. The molecule has 2 aromatic carbocycles. The maximum atomic E-state index is 6.24. The van der Waals surface area contributed by atoms with Gasteiger partial charge in [0.2, 0.25) is 0 Å². The molecule has 0 saturated heterocycles. The van der Waals surface area contributed by atoms with Gasteiger partial charge in [0.25, 0.3) is 0 Å². The molecule has 2 N–H and O–H groups in total. The van der Waals surface area contributed by atoms with E-state index in [1.54, 1.807) is 7.11 Å². The first-order valence-corrected chi connectivity index (χ1v) is 7.23. The highest BCUT2D eigenvalue weighted by Gasteiger charge is 2.27. The van der Waals surface area contributed by atoms with Crippen molar-refractivity contribution in [3.63, 3.8) is 0 Å². The van der Waals surface area contributed by atoms with Gasteiger partial charge in [-0.05, 0) is 41.7 Å². The molecule has 3 rings (SSSR count). The van der Waals surface area contributed by atoms with Gasteiger partial charge in [-0.25, -0.2) is 0 Å². The van der Waals surface area contributed by atoms with Gasteiger partial charge >= 0.3 is 0 Å². The Morgan fingerprint density at radius 2 is 1.95 bits per heavy atom. The van der Waals surface area contributed by atoms with Crippen molar-refractivity contribution in [2.24, 2.45) is 5.73 Å². The molecule has 2 nitrogen and oxygen atoms in total. The number of hydrogen-bond donors (Lipinski definition) is 1. The lowest BCUT2D eigenvalue weighted by atomic mass is 9.77. The van der Waals surface area contributed by atoms with Crippen molar-refractivity contribution in [2.75, 3.05) is 7.11 Å². The van der Waals surface area contributed by atoms with Crippen LogP contribution in [0.25, 0.3) is 0 Å². The lowest BCUT2D eigenvalue weighted by Crippen LogP contribution is -2.31. The summed E-state index contributed by atoms with van der Waals surface area (Å²) in [5.41, 5.74) is 10.1. The summed E-state index contributed by atoms with van der Waals surface area (Å²) in [4.78, 5) is 0. The van der Waals surface area contributed by atoms with Crippen molar-refractivity contribution < 1.29 is 4.74 Å². The number of methoxy groups -OCH3 is 1. The largest absolute Gasteiger partial charge is 0.495 e. The zero-order valence-corrected chi connectivity index (χ0v) is 12.2. The molecule has 2 atom stereocenters. The average Bonchev–Trinajstić information content (AvgIpc) is 2.46.